The molecular formula is C14H13NO4S. The van der Waals surface area contributed by atoms with Crippen molar-refractivity contribution < 1.29 is 18.3 Å². The van der Waals surface area contributed by atoms with Crippen LogP contribution in [0.25, 0.3) is 0 Å². The first-order valence-corrected chi connectivity index (χ1v) is 7.55. The molecule has 0 saturated heterocycles. The summed E-state index contributed by atoms with van der Waals surface area (Å²) in [6.45, 7) is 0. The zero-order valence-corrected chi connectivity index (χ0v) is 11.4. The smallest absolute Gasteiger partial charge is 0.307 e. The van der Waals surface area contributed by atoms with Gasteiger partial charge in [-0.3, -0.25) is 9.78 Å². The number of aliphatic carboxylic acids is 1. The zero-order chi connectivity index (χ0) is 14.6. The van der Waals surface area contributed by atoms with E-state index >= 15 is 0 Å². The van der Waals surface area contributed by atoms with Crippen LogP contribution >= 0.6 is 0 Å². The molecule has 0 radical (unpaired) electrons. The van der Waals surface area contributed by atoms with Gasteiger partial charge in [-0.05, 0) is 29.3 Å². The molecule has 20 heavy (non-hydrogen) atoms. The average Bonchev–Trinajstić information content (AvgIpc) is 2.39. The van der Waals surface area contributed by atoms with E-state index in [1.807, 2.05) is 0 Å². The molecule has 5 nitrogen and oxygen atoms in total. The Hall–Kier alpha value is -2.21. The van der Waals surface area contributed by atoms with Gasteiger partial charge >= 0.3 is 5.97 Å². The highest BCUT2D eigenvalue weighted by atomic mass is 32.2. The van der Waals surface area contributed by atoms with Crippen molar-refractivity contribution in [3.63, 3.8) is 0 Å². The Labute approximate surface area is 116 Å². The number of rotatable bonds is 5. The van der Waals surface area contributed by atoms with Crippen molar-refractivity contribution >= 4 is 15.8 Å². The number of carboxylic acids is 1. The van der Waals surface area contributed by atoms with E-state index in [9.17, 15) is 13.2 Å². The van der Waals surface area contributed by atoms with Gasteiger partial charge in [-0.25, -0.2) is 8.42 Å². The van der Waals surface area contributed by atoms with Crippen LogP contribution < -0.4 is 0 Å². The number of hydrogen-bond donors (Lipinski definition) is 1. The molecule has 6 heteroatoms. The van der Waals surface area contributed by atoms with Crippen molar-refractivity contribution in [2.45, 2.75) is 17.1 Å². The lowest BCUT2D eigenvalue weighted by molar-refractivity contribution is -0.136. The number of benzene rings is 1. The Morgan fingerprint density at radius 1 is 1.10 bits per heavy atom. The first-order valence-electron chi connectivity index (χ1n) is 5.90. The summed E-state index contributed by atoms with van der Waals surface area (Å²) in [5, 5.41) is 8.67. The Morgan fingerprint density at radius 3 is 2.35 bits per heavy atom. The SMILES string of the molecule is O=C(O)Cc1ccc(S(=O)(=O)Cc2cccnc2)cc1. The molecule has 0 amide bonds. The third-order valence-electron chi connectivity index (χ3n) is 2.72. The molecule has 0 aliphatic rings. The Kier molecular flexibility index (Phi) is 4.14. The fourth-order valence-corrected chi connectivity index (χ4v) is 3.10. The first kappa shape index (κ1) is 14.2. The molecule has 104 valence electrons. The van der Waals surface area contributed by atoms with E-state index in [1.54, 1.807) is 18.3 Å². The highest BCUT2D eigenvalue weighted by molar-refractivity contribution is 7.90. The summed E-state index contributed by atoms with van der Waals surface area (Å²) in [5.74, 6) is -1.07. The second-order valence-electron chi connectivity index (χ2n) is 4.33. The van der Waals surface area contributed by atoms with Crippen molar-refractivity contribution in [3.05, 3.63) is 59.9 Å². The summed E-state index contributed by atoms with van der Waals surface area (Å²) < 4.78 is 24.4. The van der Waals surface area contributed by atoms with Gasteiger partial charge in [0.2, 0.25) is 0 Å². The van der Waals surface area contributed by atoms with Gasteiger partial charge in [0.1, 0.15) is 0 Å². The lowest BCUT2D eigenvalue weighted by Gasteiger charge is -2.05. The molecule has 0 aliphatic heterocycles. The van der Waals surface area contributed by atoms with Crippen molar-refractivity contribution in [3.8, 4) is 0 Å². The molecule has 1 heterocycles. The highest BCUT2D eigenvalue weighted by Crippen LogP contribution is 2.17. The van der Waals surface area contributed by atoms with Crippen LogP contribution in [0.4, 0.5) is 0 Å². The number of carbonyl (C=O) groups is 1. The van der Waals surface area contributed by atoms with Gasteiger partial charge in [0, 0.05) is 12.4 Å². The van der Waals surface area contributed by atoms with Gasteiger partial charge in [0.15, 0.2) is 9.84 Å². The van der Waals surface area contributed by atoms with E-state index in [4.69, 9.17) is 5.11 Å². The zero-order valence-electron chi connectivity index (χ0n) is 10.6. The third-order valence-corrected chi connectivity index (χ3v) is 4.42. The van der Waals surface area contributed by atoms with Gasteiger partial charge in [0.05, 0.1) is 17.1 Å². The van der Waals surface area contributed by atoms with Gasteiger partial charge in [-0.1, -0.05) is 18.2 Å². The maximum absolute atomic E-state index is 12.2. The van der Waals surface area contributed by atoms with Gasteiger partial charge in [-0.15, -0.1) is 0 Å². The van der Waals surface area contributed by atoms with Crippen LogP contribution in [0.15, 0.2) is 53.7 Å². The third kappa shape index (κ3) is 3.64. The van der Waals surface area contributed by atoms with Crippen molar-refractivity contribution in [1.82, 2.24) is 4.98 Å². The summed E-state index contributed by atoms with van der Waals surface area (Å²) in [6.07, 6.45) is 2.97. The maximum atomic E-state index is 12.2. The maximum Gasteiger partial charge on any atom is 0.307 e. The van der Waals surface area contributed by atoms with Crippen molar-refractivity contribution in [2.24, 2.45) is 0 Å². The first-order chi connectivity index (χ1) is 9.47. The number of nitrogens with zero attached hydrogens (tertiary/aromatic N) is 1. The summed E-state index contributed by atoms with van der Waals surface area (Å²) >= 11 is 0. The predicted octanol–water partition coefficient (Wildman–Crippen LogP) is 1.68. The molecule has 0 bridgehead atoms. The Balaban J connectivity index is 2.19. The Bertz CT molecular complexity index is 694. The normalized spacial score (nSPS) is 11.2. The number of pyridine rings is 1. The molecule has 1 aromatic heterocycles. The minimum Gasteiger partial charge on any atom is -0.481 e. The van der Waals surface area contributed by atoms with Crippen LogP contribution in [0.1, 0.15) is 11.1 Å². The largest absolute Gasteiger partial charge is 0.481 e. The summed E-state index contributed by atoms with van der Waals surface area (Å²) in [7, 11) is -3.45. The molecule has 0 atom stereocenters. The molecule has 0 saturated carbocycles. The predicted molar refractivity (Wildman–Crippen MR) is 72.9 cm³/mol. The monoisotopic (exact) mass is 291 g/mol. The van der Waals surface area contributed by atoms with Crippen LogP contribution in [0.2, 0.25) is 0 Å². The molecule has 0 unspecified atom stereocenters. The fourth-order valence-electron chi connectivity index (χ4n) is 1.78. The number of aromatic nitrogens is 1. The lowest BCUT2D eigenvalue weighted by atomic mass is 10.2. The number of hydrogen-bond acceptors (Lipinski definition) is 4. The summed E-state index contributed by atoms with van der Waals surface area (Å²) in [4.78, 5) is 14.6. The summed E-state index contributed by atoms with van der Waals surface area (Å²) in [6, 6.07) is 9.28. The molecule has 0 fully saturated rings. The van der Waals surface area contributed by atoms with E-state index < -0.39 is 15.8 Å². The summed E-state index contributed by atoms with van der Waals surface area (Å²) in [5.41, 5.74) is 1.18. The van der Waals surface area contributed by atoms with Gasteiger partial charge in [-0.2, -0.15) is 0 Å². The van der Waals surface area contributed by atoms with E-state index in [0.717, 1.165) is 0 Å². The van der Waals surface area contributed by atoms with Crippen molar-refractivity contribution in [1.29, 1.82) is 0 Å². The standard InChI is InChI=1S/C14H13NO4S/c16-14(17)8-11-3-5-13(6-4-11)20(18,19)10-12-2-1-7-15-9-12/h1-7,9H,8,10H2,(H,16,17). The van der Waals surface area contributed by atoms with Crippen LogP contribution in [0, 0.1) is 0 Å². The average molecular weight is 291 g/mol. The van der Waals surface area contributed by atoms with Crippen LogP contribution in [0.5, 0.6) is 0 Å². The van der Waals surface area contributed by atoms with E-state index in [-0.39, 0.29) is 17.1 Å². The van der Waals surface area contributed by atoms with Crippen LogP contribution in [-0.4, -0.2) is 24.5 Å². The quantitative estimate of drug-likeness (QED) is 0.906. The van der Waals surface area contributed by atoms with E-state index in [1.165, 1.54) is 30.5 Å². The molecule has 1 aromatic carbocycles. The number of sulfone groups is 1. The minimum absolute atomic E-state index is 0.122. The molecule has 1 N–H and O–H groups in total. The highest BCUT2D eigenvalue weighted by Gasteiger charge is 2.15. The van der Waals surface area contributed by atoms with Crippen molar-refractivity contribution in [2.75, 3.05) is 0 Å². The van der Waals surface area contributed by atoms with E-state index in [2.05, 4.69) is 4.98 Å². The second kappa shape index (κ2) is 5.83. The van der Waals surface area contributed by atoms with Crippen LogP contribution in [-0.2, 0) is 26.8 Å². The molecule has 2 rings (SSSR count). The topological polar surface area (TPSA) is 84.3 Å². The molecule has 0 aliphatic carbocycles. The lowest BCUT2D eigenvalue weighted by Crippen LogP contribution is -2.06. The van der Waals surface area contributed by atoms with Crippen LogP contribution in [0.3, 0.4) is 0 Å². The fraction of sp³-hybridized carbons (Fsp3) is 0.143. The Morgan fingerprint density at radius 2 is 1.80 bits per heavy atom. The minimum atomic E-state index is -3.45. The van der Waals surface area contributed by atoms with E-state index in [0.29, 0.717) is 11.1 Å². The van der Waals surface area contributed by atoms with Gasteiger partial charge < -0.3 is 5.11 Å². The second-order valence-corrected chi connectivity index (χ2v) is 6.32. The molecule has 2 aromatic rings. The van der Waals surface area contributed by atoms with Gasteiger partial charge in [0.25, 0.3) is 0 Å². The molecule has 0 spiro atoms. The number of carboxylic acid groups (broad SMARTS) is 1. The molecular weight excluding hydrogens is 278 g/mol.